The average Bonchev–Trinajstić information content (AvgIpc) is 2.48. The first-order valence-corrected chi connectivity index (χ1v) is 5.72. The molecule has 2 rings (SSSR count). The molecule has 2 N–H and O–H groups in total. The third-order valence-electron chi connectivity index (χ3n) is 3.45. The van der Waals surface area contributed by atoms with Crippen molar-refractivity contribution < 1.29 is 0 Å². The van der Waals surface area contributed by atoms with Crippen LogP contribution < -0.4 is 5.73 Å². The highest BCUT2D eigenvalue weighted by Crippen LogP contribution is 2.63. The second-order valence-corrected chi connectivity index (χ2v) is 5.29. The molecule has 2 aliphatic rings. The lowest BCUT2D eigenvalue weighted by Gasteiger charge is -2.11. The Hall–Kier alpha value is 0.310. The van der Waals surface area contributed by atoms with Crippen molar-refractivity contribution in [2.75, 3.05) is 18.1 Å². The van der Waals surface area contributed by atoms with Gasteiger partial charge in [0.05, 0.1) is 0 Å². The minimum atomic E-state index is 0.767. The molecular formula is C9H17NS. The molecule has 0 bridgehead atoms. The fraction of sp³-hybridized carbons (Fsp3) is 1.00. The molecule has 1 aliphatic heterocycles. The Labute approximate surface area is 73.1 Å². The van der Waals surface area contributed by atoms with Crippen LogP contribution in [0.15, 0.2) is 0 Å². The SMILES string of the molecule is CC(CN)C1CC12CCSC2. The monoisotopic (exact) mass is 171 g/mol. The first-order valence-electron chi connectivity index (χ1n) is 4.56. The maximum atomic E-state index is 5.66. The zero-order valence-electron chi connectivity index (χ0n) is 7.18. The van der Waals surface area contributed by atoms with Gasteiger partial charge in [0.15, 0.2) is 0 Å². The molecule has 1 saturated heterocycles. The lowest BCUT2D eigenvalue weighted by Crippen LogP contribution is -2.16. The molecule has 0 amide bonds. The summed E-state index contributed by atoms with van der Waals surface area (Å²) in [6, 6.07) is 0. The van der Waals surface area contributed by atoms with Gasteiger partial charge in [-0.25, -0.2) is 0 Å². The average molecular weight is 171 g/mol. The van der Waals surface area contributed by atoms with Gasteiger partial charge in [0.1, 0.15) is 0 Å². The van der Waals surface area contributed by atoms with Crippen LogP contribution in [0.3, 0.4) is 0 Å². The van der Waals surface area contributed by atoms with Gasteiger partial charge in [-0.3, -0.25) is 0 Å². The van der Waals surface area contributed by atoms with E-state index in [9.17, 15) is 0 Å². The summed E-state index contributed by atoms with van der Waals surface area (Å²) in [5.74, 6) is 4.56. The number of hydrogen-bond donors (Lipinski definition) is 1. The van der Waals surface area contributed by atoms with Crippen LogP contribution in [0.4, 0.5) is 0 Å². The van der Waals surface area contributed by atoms with Crippen molar-refractivity contribution in [2.45, 2.75) is 19.8 Å². The third-order valence-corrected chi connectivity index (χ3v) is 4.72. The minimum absolute atomic E-state index is 0.767. The Balaban J connectivity index is 1.92. The first-order chi connectivity index (χ1) is 5.28. The van der Waals surface area contributed by atoms with Gasteiger partial charge in [0, 0.05) is 0 Å². The van der Waals surface area contributed by atoms with Gasteiger partial charge in [-0.2, -0.15) is 11.8 Å². The summed E-state index contributed by atoms with van der Waals surface area (Å²) in [7, 11) is 0. The molecule has 2 fully saturated rings. The van der Waals surface area contributed by atoms with E-state index in [-0.39, 0.29) is 0 Å². The van der Waals surface area contributed by atoms with Crippen LogP contribution in [-0.4, -0.2) is 18.1 Å². The highest BCUT2D eigenvalue weighted by atomic mass is 32.2. The molecule has 3 atom stereocenters. The highest BCUT2D eigenvalue weighted by Gasteiger charge is 2.56. The molecule has 0 aromatic heterocycles. The number of rotatable bonds is 2. The Morgan fingerprint density at radius 1 is 1.73 bits per heavy atom. The Morgan fingerprint density at radius 2 is 2.55 bits per heavy atom. The van der Waals surface area contributed by atoms with Gasteiger partial charge in [-0.05, 0) is 48.1 Å². The number of thioether (sulfide) groups is 1. The summed E-state index contributed by atoms with van der Waals surface area (Å²) in [5.41, 5.74) is 6.42. The predicted octanol–water partition coefficient (Wildman–Crippen LogP) is 1.72. The van der Waals surface area contributed by atoms with Crippen LogP contribution in [0.5, 0.6) is 0 Å². The van der Waals surface area contributed by atoms with E-state index in [1.165, 1.54) is 24.3 Å². The number of nitrogens with two attached hydrogens (primary N) is 1. The topological polar surface area (TPSA) is 26.0 Å². The van der Waals surface area contributed by atoms with Crippen molar-refractivity contribution in [3.63, 3.8) is 0 Å². The molecule has 1 aliphatic carbocycles. The summed E-state index contributed by atoms with van der Waals surface area (Å²) < 4.78 is 0. The van der Waals surface area contributed by atoms with E-state index in [1.807, 2.05) is 0 Å². The fourth-order valence-corrected chi connectivity index (χ4v) is 4.00. The van der Waals surface area contributed by atoms with Crippen LogP contribution in [0, 0.1) is 17.3 Å². The summed E-state index contributed by atoms with van der Waals surface area (Å²) in [5, 5.41) is 0. The maximum Gasteiger partial charge on any atom is -0.000763 e. The zero-order chi connectivity index (χ0) is 7.90. The fourth-order valence-electron chi connectivity index (χ4n) is 2.42. The molecule has 2 heteroatoms. The molecule has 64 valence electrons. The van der Waals surface area contributed by atoms with Crippen molar-refractivity contribution in [2.24, 2.45) is 23.0 Å². The van der Waals surface area contributed by atoms with E-state index in [0.29, 0.717) is 0 Å². The van der Waals surface area contributed by atoms with Gasteiger partial charge in [0.2, 0.25) is 0 Å². The molecule has 1 saturated carbocycles. The molecule has 11 heavy (non-hydrogen) atoms. The second-order valence-electron chi connectivity index (χ2n) is 4.19. The Bertz CT molecular complexity index is 152. The molecule has 1 nitrogen and oxygen atoms in total. The maximum absolute atomic E-state index is 5.66. The highest BCUT2D eigenvalue weighted by molar-refractivity contribution is 7.99. The van der Waals surface area contributed by atoms with Gasteiger partial charge < -0.3 is 5.73 Å². The van der Waals surface area contributed by atoms with Gasteiger partial charge in [-0.1, -0.05) is 6.92 Å². The second kappa shape index (κ2) is 2.67. The third kappa shape index (κ3) is 1.20. The van der Waals surface area contributed by atoms with E-state index in [1.54, 1.807) is 0 Å². The van der Waals surface area contributed by atoms with E-state index >= 15 is 0 Å². The van der Waals surface area contributed by atoms with Crippen LogP contribution in [-0.2, 0) is 0 Å². The van der Waals surface area contributed by atoms with Crippen molar-refractivity contribution >= 4 is 11.8 Å². The normalized spacial score (nSPS) is 44.7. The molecular weight excluding hydrogens is 154 g/mol. The van der Waals surface area contributed by atoms with E-state index in [0.717, 1.165) is 23.8 Å². The van der Waals surface area contributed by atoms with Crippen LogP contribution in [0.25, 0.3) is 0 Å². The van der Waals surface area contributed by atoms with Crippen LogP contribution in [0.1, 0.15) is 19.8 Å². The molecule has 3 unspecified atom stereocenters. The molecule has 0 radical (unpaired) electrons. The minimum Gasteiger partial charge on any atom is -0.330 e. The van der Waals surface area contributed by atoms with Crippen molar-refractivity contribution in [1.82, 2.24) is 0 Å². The zero-order valence-corrected chi connectivity index (χ0v) is 7.99. The van der Waals surface area contributed by atoms with Gasteiger partial charge >= 0.3 is 0 Å². The smallest absolute Gasteiger partial charge is 0.000763 e. The quantitative estimate of drug-likeness (QED) is 0.684. The van der Waals surface area contributed by atoms with Crippen LogP contribution in [0.2, 0.25) is 0 Å². The summed E-state index contributed by atoms with van der Waals surface area (Å²) in [6.45, 7) is 3.19. The molecule has 1 spiro atoms. The van der Waals surface area contributed by atoms with Crippen LogP contribution >= 0.6 is 11.8 Å². The largest absolute Gasteiger partial charge is 0.330 e. The molecule has 0 aromatic carbocycles. The summed E-state index contributed by atoms with van der Waals surface area (Å²) >= 11 is 2.13. The van der Waals surface area contributed by atoms with Gasteiger partial charge in [0.25, 0.3) is 0 Å². The summed E-state index contributed by atoms with van der Waals surface area (Å²) in [6.07, 6.45) is 2.94. The van der Waals surface area contributed by atoms with E-state index in [2.05, 4.69) is 18.7 Å². The summed E-state index contributed by atoms with van der Waals surface area (Å²) in [4.78, 5) is 0. The lowest BCUT2D eigenvalue weighted by molar-refractivity contribution is 0.412. The standard InChI is InChI=1S/C9H17NS/c1-7(5-10)8-4-9(8)2-3-11-6-9/h7-8H,2-6,10H2,1H3. The van der Waals surface area contributed by atoms with Crippen molar-refractivity contribution in [1.29, 1.82) is 0 Å². The molecule has 0 aromatic rings. The van der Waals surface area contributed by atoms with Crippen molar-refractivity contribution in [3.8, 4) is 0 Å². The van der Waals surface area contributed by atoms with Gasteiger partial charge in [-0.15, -0.1) is 0 Å². The van der Waals surface area contributed by atoms with Crippen molar-refractivity contribution in [3.05, 3.63) is 0 Å². The Kier molecular flexibility index (Phi) is 1.92. The number of hydrogen-bond acceptors (Lipinski definition) is 2. The molecule has 1 heterocycles. The van der Waals surface area contributed by atoms with E-state index in [4.69, 9.17) is 5.73 Å². The first kappa shape index (κ1) is 7.93. The Morgan fingerprint density at radius 3 is 3.09 bits per heavy atom. The predicted molar refractivity (Wildman–Crippen MR) is 50.7 cm³/mol. The van der Waals surface area contributed by atoms with E-state index < -0.39 is 0 Å². The lowest BCUT2D eigenvalue weighted by atomic mass is 9.95.